The first-order valence-corrected chi connectivity index (χ1v) is 13.6. The third-order valence-corrected chi connectivity index (χ3v) is 8.76. The maximum atomic E-state index is 13.0. The van der Waals surface area contributed by atoms with Crippen LogP contribution in [0.3, 0.4) is 0 Å². The number of imide groups is 1. The van der Waals surface area contributed by atoms with Gasteiger partial charge in [-0.2, -0.15) is 5.10 Å². The van der Waals surface area contributed by atoms with E-state index in [1.165, 1.54) is 12.0 Å². The van der Waals surface area contributed by atoms with Gasteiger partial charge < -0.3 is 9.64 Å². The van der Waals surface area contributed by atoms with Crippen molar-refractivity contribution in [3.05, 3.63) is 59.3 Å². The van der Waals surface area contributed by atoms with Crippen molar-refractivity contribution in [1.82, 2.24) is 25.3 Å². The quantitative estimate of drug-likeness (QED) is 0.508. The van der Waals surface area contributed by atoms with Crippen LogP contribution in [0.4, 0.5) is 0 Å². The molecule has 0 radical (unpaired) electrons. The van der Waals surface area contributed by atoms with Gasteiger partial charge in [0.1, 0.15) is 17.9 Å². The van der Waals surface area contributed by atoms with Crippen molar-refractivity contribution in [1.29, 1.82) is 0 Å². The number of nitrogens with one attached hydrogen (secondary N) is 2. The Morgan fingerprint density at radius 3 is 2.71 bits per heavy atom. The normalized spacial score (nSPS) is 26.4. The highest BCUT2D eigenvalue weighted by Crippen LogP contribution is 2.37. The van der Waals surface area contributed by atoms with E-state index in [4.69, 9.17) is 4.74 Å². The summed E-state index contributed by atoms with van der Waals surface area (Å²) in [5.41, 5.74) is 3.93. The maximum Gasteiger partial charge on any atom is 0.255 e. The highest BCUT2D eigenvalue weighted by atomic mass is 16.5. The summed E-state index contributed by atoms with van der Waals surface area (Å²) in [5, 5.41) is 10.7. The maximum absolute atomic E-state index is 13.0. The minimum atomic E-state index is -0.603. The van der Waals surface area contributed by atoms with Gasteiger partial charge in [-0.05, 0) is 67.1 Å². The molecule has 9 heteroatoms. The van der Waals surface area contributed by atoms with Crippen LogP contribution in [0, 0.1) is 0 Å². The lowest BCUT2D eigenvalue weighted by atomic mass is 9.84. The number of carbonyl (C=O) groups is 3. The largest absolute Gasteiger partial charge is 0.489 e. The summed E-state index contributed by atoms with van der Waals surface area (Å²) >= 11 is 0. The average molecular weight is 514 g/mol. The fourth-order valence-electron chi connectivity index (χ4n) is 6.64. The van der Waals surface area contributed by atoms with Crippen molar-refractivity contribution in [2.75, 3.05) is 13.1 Å². The number of fused-ring (bicyclic) bond motifs is 2. The van der Waals surface area contributed by atoms with Crippen LogP contribution >= 0.6 is 0 Å². The lowest BCUT2D eigenvalue weighted by Crippen LogP contribution is -2.57. The number of nitrogens with zero attached hydrogens (tertiary/aromatic N) is 3. The molecule has 1 saturated carbocycles. The van der Waals surface area contributed by atoms with E-state index in [1.54, 1.807) is 4.90 Å². The molecule has 1 aliphatic carbocycles. The van der Waals surface area contributed by atoms with Crippen molar-refractivity contribution >= 4 is 28.6 Å². The molecule has 7 rings (SSSR count). The first-order chi connectivity index (χ1) is 18.5. The van der Waals surface area contributed by atoms with Crippen molar-refractivity contribution in [2.24, 2.45) is 0 Å². The minimum Gasteiger partial charge on any atom is -0.489 e. The number of aromatic amines is 1. The lowest BCUT2D eigenvalue weighted by Gasteiger charge is -2.48. The third-order valence-electron chi connectivity index (χ3n) is 8.76. The number of rotatable bonds is 5. The number of carbonyl (C=O) groups excluding carboxylic acids is 3. The molecule has 1 unspecified atom stereocenters. The lowest BCUT2D eigenvalue weighted by molar-refractivity contribution is -0.136. The summed E-state index contributed by atoms with van der Waals surface area (Å²) in [6.07, 6.45) is 7.13. The van der Waals surface area contributed by atoms with Crippen LogP contribution < -0.4 is 10.1 Å². The fourth-order valence-corrected chi connectivity index (χ4v) is 6.64. The van der Waals surface area contributed by atoms with Crippen LogP contribution in [-0.2, 0) is 16.1 Å². The van der Waals surface area contributed by atoms with Crippen LogP contribution in [-0.4, -0.2) is 69.0 Å². The van der Waals surface area contributed by atoms with E-state index in [2.05, 4.69) is 38.6 Å². The molecule has 1 aromatic heterocycles. The van der Waals surface area contributed by atoms with Crippen molar-refractivity contribution in [3.8, 4) is 5.75 Å². The minimum absolute atomic E-state index is 0.113. The van der Waals surface area contributed by atoms with Gasteiger partial charge in [0.05, 0.1) is 11.7 Å². The number of hydrogen-bond acceptors (Lipinski definition) is 6. The van der Waals surface area contributed by atoms with E-state index in [9.17, 15) is 14.4 Å². The summed E-state index contributed by atoms with van der Waals surface area (Å²) in [7, 11) is 0. The van der Waals surface area contributed by atoms with Gasteiger partial charge >= 0.3 is 0 Å². The summed E-state index contributed by atoms with van der Waals surface area (Å²) in [5.74, 6) is 0.487. The molecule has 2 saturated heterocycles. The Bertz CT molecular complexity index is 1430. The molecule has 3 atom stereocenters. The Morgan fingerprint density at radius 1 is 0.974 bits per heavy atom. The highest BCUT2D eigenvalue weighted by Gasteiger charge is 2.41. The van der Waals surface area contributed by atoms with Gasteiger partial charge in [-0.15, -0.1) is 0 Å². The summed E-state index contributed by atoms with van der Waals surface area (Å²) in [6, 6.07) is 12.0. The van der Waals surface area contributed by atoms with Crippen molar-refractivity contribution in [2.45, 2.75) is 69.2 Å². The molecule has 3 aliphatic heterocycles. The molecular formula is C29H31N5O4. The second-order valence-electron chi connectivity index (χ2n) is 11.1. The van der Waals surface area contributed by atoms with Gasteiger partial charge in [-0.3, -0.25) is 29.7 Å². The molecule has 38 heavy (non-hydrogen) atoms. The Labute approximate surface area is 220 Å². The predicted molar refractivity (Wildman–Crippen MR) is 140 cm³/mol. The smallest absolute Gasteiger partial charge is 0.255 e. The standard InChI is InChI=1S/C29H31N5O4/c35-27-10-9-25(28(36)31-27)34-16-19-12-21(6-7-22(19)29(34)37)38-26-4-2-1-3-24(26)33-14-20(15-33)17-5-8-23-18(11-17)13-30-32-23/h5-8,11-13,20,24-26H,1-4,9-10,14-16H2,(H,30,32)(H,31,35,36)/t24-,25?,26+/m0/s1. The second kappa shape index (κ2) is 9.23. The predicted octanol–water partition coefficient (Wildman–Crippen LogP) is 3.11. The monoisotopic (exact) mass is 513 g/mol. The second-order valence-corrected chi connectivity index (χ2v) is 11.1. The van der Waals surface area contributed by atoms with Gasteiger partial charge in [0.25, 0.3) is 5.91 Å². The molecule has 3 fully saturated rings. The molecule has 0 bridgehead atoms. The van der Waals surface area contributed by atoms with E-state index < -0.39 is 6.04 Å². The highest BCUT2D eigenvalue weighted by molar-refractivity contribution is 6.05. The van der Waals surface area contributed by atoms with Gasteiger partial charge in [0.15, 0.2) is 0 Å². The van der Waals surface area contributed by atoms with Crippen LogP contribution in [0.1, 0.15) is 65.9 Å². The number of hydrogen-bond donors (Lipinski definition) is 2. The van der Waals surface area contributed by atoms with Crippen molar-refractivity contribution in [3.63, 3.8) is 0 Å². The van der Waals surface area contributed by atoms with Gasteiger partial charge in [-0.1, -0.05) is 12.5 Å². The zero-order valence-electron chi connectivity index (χ0n) is 21.2. The Morgan fingerprint density at radius 2 is 1.84 bits per heavy atom. The molecule has 4 aliphatic rings. The number of aromatic nitrogens is 2. The summed E-state index contributed by atoms with van der Waals surface area (Å²) < 4.78 is 6.58. The van der Waals surface area contributed by atoms with E-state index in [1.807, 2.05) is 24.4 Å². The number of ether oxygens (including phenoxy) is 1. The van der Waals surface area contributed by atoms with E-state index in [-0.39, 0.29) is 30.2 Å². The Hall–Kier alpha value is -3.72. The van der Waals surface area contributed by atoms with E-state index in [0.29, 0.717) is 30.5 Å². The molecule has 2 N–H and O–H groups in total. The zero-order valence-corrected chi connectivity index (χ0v) is 21.2. The van der Waals surface area contributed by atoms with Gasteiger partial charge in [0, 0.05) is 49.0 Å². The summed E-state index contributed by atoms with van der Waals surface area (Å²) in [4.78, 5) is 41.1. The number of H-pyrrole nitrogens is 1. The average Bonchev–Trinajstić information content (AvgIpc) is 3.48. The molecule has 3 amide bonds. The third kappa shape index (κ3) is 4.05. The summed E-state index contributed by atoms with van der Waals surface area (Å²) in [6.45, 7) is 2.43. The molecule has 196 valence electrons. The number of piperidine rings is 1. The van der Waals surface area contributed by atoms with Crippen LogP contribution in [0.25, 0.3) is 10.9 Å². The molecule has 2 aromatic carbocycles. The number of amides is 3. The van der Waals surface area contributed by atoms with Crippen LogP contribution in [0.15, 0.2) is 42.6 Å². The topological polar surface area (TPSA) is 108 Å². The zero-order chi connectivity index (χ0) is 25.8. The number of benzene rings is 2. The van der Waals surface area contributed by atoms with Crippen molar-refractivity contribution < 1.29 is 19.1 Å². The molecule has 3 aromatic rings. The Balaban J connectivity index is 1.02. The number of likely N-dealkylation sites (tertiary alicyclic amines) is 1. The molecule has 0 spiro atoms. The first kappa shape index (κ1) is 23.4. The van der Waals surface area contributed by atoms with Crippen LogP contribution in [0.5, 0.6) is 5.75 Å². The molecular weight excluding hydrogens is 482 g/mol. The van der Waals surface area contributed by atoms with E-state index >= 15 is 0 Å². The molecule has 9 nitrogen and oxygen atoms in total. The van der Waals surface area contributed by atoms with Crippen LogP contribution in [0.2, 0.25) is 0 Å². The molecule has 4 heterocycles. The van der Waals surface area contributed by atoms with Gasteiger partial charge in [0.2, 0.25) is 11.8 Å². The van der Waals surface area contributed by atoms with Gasteiger partial charge in [-0.25, -0.2) is 0 Å². The first-order valence-electron chi connectivity index (χ1n) is 13.6. The van der Waals surface area contributed by atoms with E-state index in [0.717, 1.165) is 54.6 Å². The Kier molecular flexibility index (Phi) is 5.69. The fraction of sp³-hybridized carbons (Fsp3) is 0.448. The SMILES string of the molecule is O=C1CCC(N2Cc3cc(O[C@@H]4CCCC[C@@H]4N4CC(c5ccc6[nH]ncc6c5)C4)ccc3C2=O)C(=O)N1.